The first-order valence-electron chi connectivity index (χ1n) is 8.07. The first-order chi connectivity index (χ1) is 12.5. The molecule has 0 aliphatic carbocycles. The molecule has 5 nitrogen and oxygen atoms in total. The van der Waals surface area contributed by atoms with Crippen molar-refractivity contribution in [3.8, 4) is 5.75 Å². The highest BCUT2D eigenvalue weighted by Gasteiger charge is 2.20. The Kier molecular flexibility index (Phi) is 3.85. The molecule has 0 amide bonds. The van der Waals surface area contributed by atoms with Gasteiger partial charge in [0.1, 0.15) is 21.8 Å². The predicted octanol–water partition coefficient (Wildman–Crippen LogP) is 4.70. The van der Waals surface area contributed by atoms with Gasteiger partial charge in [-0.05, 0) is 48.9 Å². The number of methoxy groups -OCH3 is 1. The zero-order chi connectivity index (χ0) is 18.3. The molecule has 0 saturated carbocycles. The maximum absolute atomic E-state index is 12.9. The summed E-state index contributed by atoms with van der Waals surface area (Å²) in [6, 6.07) is 17.9. The molecule has 4 aromatic rings. The molecule has 3 aromatic carbocycles. The quantitative estimate of drug-likeness (QED) is 0.567. The molecular formula is C20H17NO4S. The van der Waals surface area contributed by atoms with Gasteiger partial charge in [-0.1, -0.05) is 24.3 Å². The fourth-order valence-corrected chi connectivity index (χ4v) is 4.30. The summed E-state index contributed by atoms with van der Waals surface area (Å²) in [5.41, 5.74) is 2.78. The molecule has 0 spiro atoms. The van der Waals surface area contributed by atoms with Gasteiger partial charge in [0, 0.05) is 16.5 Å². The minimum absolute atomic E-state index is 0.108. The van der Waals surface area contributed by atoms with E-state index in [0.717, 1.165) is 21.9 Å². The number of fused-ring (bicyclic) bond motifs is 3. The van der Waals surface area contributed by atoms with Crippen LogP contribution in [0.5, 0.6) is 5.75 Å². The molecule has 0 aliphatic rings. The van der Waals surface area contributed by atoms with Gasteiger partial charge in [0.15, 0.2) is 0 Å². The van der Waals surface area contributed by atoms with Crippen molar-refractivity contribution in [3.05, 3.63) is 66.2 Å². The van der Waals surface area contributed by atoms with Crippen LogP contribution in [0.3, 0.4) is 0 Å². The molecule has 0 aliphatic heterocycles. The van der Waals surface area contributed by atoms with E-state index in [9.17, 15) is 8.42 Å². The van der Waals surface area contributed by atoms with Crippen LogP contribution in [0.4, 0.5) is 5.69 Å². The number of ether oxygens (including phenoxy) is 1. The van der Waals surface area contributed by atoms with Gasteiger partial charge in [0.25, 0.3) is 10.0 Å². The minimum atomic E-state index is -3.79. The van der Waals surface area contributed by atoms with E-state index in [2.05, 4.69) is 4.72 Å². The van der Waals surface area contributed by atoms with Gasteiger partial charge in [-0.25, -0.2) is 8.42 Å². The van der Waals surface area contributed by atoms with Crippen molar-refractivity contribution in [2.24, 2.45) is 0 Å². The SMILES string of the molecule is COc1ccc(C)cc1S(=O)(=O)Nc1ccc2oc3ccccc3c2c1. The third-order valence-corrected chi connectivity index (χ3v) is 5.64. The first-order valence-corrected chi connectivity index (χ1v) is 9.55. The van der Waals surface area contributed by atoms with Crippen LogP contribution < -0.4 is 9.46 Å². The van der Waals surface area contributed by atoms with Gasteiger partial charge in [-0.15, -0.1) is 0 Å². The summed E-state index contributed by atoms with van der Waals surface area (Å²) in [4.78, 5) is 0.108. The Balaban J connectivity index is 1.79. The summed E-state index contributed by atoms with van der Waals surface area (Å²) in [7, 11) is -2.34. The molecule has 0 bridgehead atoms. The molecule has 0 saturated heterocycles. The standard InChI is InChI=1S/C20H17NO4S/c1-13-7-9-19(24-2)20(11-13)26(22,23)21-14-8-10-18-16(12-14)15-5-3-4-6-17(15)25-18/h3-12,21H,1-2H3. The van der Waals surface area contributed by atoms with Crippen LogP contribution in [0.15, 0.2) is 70.0 Å². The molecule has 4 rings (SSSR count). The Morgan fingerprint density at radius 1 is 0.923 bits per heavy atom. The van der Waals surface area contributed by atoms with Crippen LogP contribution in [0.1, 0.15) is 5.56 Å². The van der Waals surface area contributed by atoms with E-state index in [-0.39, 0.29) is 4.90 Å². The van der Waals surface area contributed by atoms with Crippen molar-refractivity contribution >= 4 is 37.6 Å². The Bertz CT molecular complexity index is 1230. The maximum atomic E-state index is 12.9. The minimum Gasteiger partial charge on any atom is -0.495 e. The van der Waals surface area contributed by atoms with Gasteiger partial charge < -0.3 is 9.15 Å². The van der Waals surface area contributed by atoms with Gasteiger partial charge in [0.05, 0.1) is 7.11 Å². The van der Waals surface area contributed by atoms with Crippen LogP contribution in [-0.2, 0) is 10.0 Å². The van der Waals surface area contributed by atoms with Crippen molar-refractivity contribution in [2.75, 3.05) is 11.8 Å². The molecule has 1 heterocycles. The van der Waals surface area contributed by atoms with Crippen molar-refractivity contribution in [1.82, 2.24) is 0 Å². The second-order valence-electron chi connectivity index (χ2n) is 6.07. The number of hydrogen-bond acceptors (Lipinski definition) is 4. The number of benzene rings is 3. The topological polar surface area (TPSA) is 68.5 Å². The number of aryl methyl sites for hydroxylation is 1. The molecule has 1 aromatic heterocycles. The van der Waals surface area contributed by atoms with Crippen molar-refractivity contribution in [1.29, 1.82) is 0 Å². The summed E-state index contributed by atoms with van der Waals surface area (Å²) in [6.45, 7) is 1.84. The average Bonchev–Trinajstić information content (AvgIpc) is 2.99. The van der Waals surface area contributed by atoms with Crippen LogP contribution in [0, 0.1) is 6.92 Å². The molecule has 0 atom stereocenters. The molecule has 132 valence electrons. The van der Waals surface area contributed by atoms with E-state index < -0.39 is 10.0 Å². The lowest BCUT2D eigenvalue weighted by atomic mass is 10.1. The van der Waals surface area contributed by atoms with E-state index in [4.69, 9.17) is 9.15 Å². The van der Waals surface area contributed by atoms with Gasteiger partial charge in [-0.2, -0.15) is 0 Å². The predicted molar refractivity (Wildman–Crippen MR) is 102 cm³/mol. The molecule has 1 N–H and O–H groups in total. The smallest absolute Gasteiger partial charge is 0.265 e. The molecule has 6 heteroatoms. The Hall–Kier alpha value is -2.99. The summed E-state index contributed by atoms with van der Waals surface area (Å²) < 4.78 is 39.3. The molecule has 0 radical (unpaired) electrons. The van der Waals surface area contributed by atoms with Crippen molar-refractivity contribution < 1.29 is 17.6 Å². The number of anilines is 1. The van der Waals surface area contributed by atoms with E-state index in [1.54, 1.807) is 30.3 Å². The molecule has 0 unspecified atom stereocenters. The first kappa shape index (κ1) is 16.5. The van der Waals surface area contributed by atoms with Crippen LogP contribution >= 0.6 is 0 Å². The normalized spacial score (nSPS) is 11.8. The van der Waals surface area contributed by atoms with Crippen LogP contribution in [0.25, 0.3) is 21.9 Å². The van der Waals surface area contributed by atoms with Gasteiger partial charge >= 0.3 is 0 Å². The lowest BCUT2D eigenvalue weighted by Crippen LogP contribution is -2.14. The summed E-state index contributed by atoms with van der Waals surface area (Å²) in [5, 5.41) is 1.80. The average molecular weight is 367 g/mol. The number of rotatable bonds is 4. The second kappa shape index (κ2) is 6.07. The monoisotopic (exact) mass is 367 g/mol. The third-order valence-electron chi connectivity index (χ3n) is 4.24. The summed E-state index contributed by atoms with van der Waals surface area (Å²) in [5.74, 6) is 0.304. The zero-order valence-corrected chi connectivity index (χ0v) is 15.1. The van der Waals surface area contributed by atoms with Crippen LogP contribution in [0.2, 0.25) is 0 Å². The number of hydrogen-bond donors (Lipinski definition) is 1. The number of sulfonamides is 1. The lowest BCUT2D eigenvalue weighted by Gasteiger charge is -2.12. The molecule has 26 heavy (non-hydrogen) atoms. The number of para-hydroxylation sites is 1. The van der Waals surface area contributed by atoms with Crippen LogP contribution in [-0.4, -0.2) is 15.5 Å². The summed E-state index contributed by atoms with van der Waals surface area (Å²) in [6.07, 6.45) is 0. The van der Waals surface area contributed by atoms with Crippen molar-refractivity contribution in [2.45, 2.75) is 11.8 Å². The largest absolute Gasteiger partial charge is 0.495 e. The van der Waals surface area contributed by atoms with E-state index in [1.165, 1.54) is 7.11 Å². The Morgan fingerprint density at radius 3 is 2.50 bits per heavy atom. The Morgan fingerprint density at radius 2 is 1.69 bits per heavy atom. The van der Waals surface area contributed by atoms with E-state index >= 15 is 0 Å². The second-order valence-corrected chi connectivity index (χ2v) is 7.72. The Labute approximate surface area is 151 Å². The lowest BCUT2D eigenvalue weighted by molar-refractivity contribution is 0.402. The highest BCUT2D eigenvalue weighted by Crippen LogP contribution is 2.32. The third kappa shape index (κ3) is 2.78. The van der Waals surface area contributed by atoms with Gasteiger partial charge in [0.2, 0.25) is 0 Å². The van der Waals surface area contributed by atoms with Gasteiger partial charge in [-0.3, -0.25) is 4.72 Å². The van der Waals surface area contributed by atoms with Crippen molar-refractivity contribution in [3.63, 3.8) is 0 Å². The fourth-order valence-electron chi connectivity index (χ4n) is 2.99. The maximum Gasteiger partial charge on any atom is 0.265 e. The zero-order valence-electron chi connectivity index (χ0n) is 14.3. The molecular weight excluding hydrogens is 350 g/mol. The molecule has 0 fully saturated rings. The fraction of sp³-hybridized carbons (Fsp3) is 0.100. The highest BCUT2D eigenvalue weighted by atomic mass is 32.2. The number of nitrogens with one attached hydrogen (secondary N) is 1. The van der Waals surface area contributed by atoms with E-state index in [1.807, 2.05) is 37.3 Å². The highest BCUT2D eigenvalue weighted by molar-refractivity contribution is 7.92. The van der Waals surface area contributed by atoms with E-state index in [0.29, 0.717) is 17.0 Å². The summed E-state index contributed by atoms with van der Waals surface area (Å²) >= 11 is 0. The number of furan rings is 1.